The van der Waals surface area contributed by atoms with Gasteiger partial charge in [-0.25, -0.2) is 4.79 Å². The monoisotopic (exact) mass is 158 g/mol. The van der Waals surface area contributed by atoms with Crippen LogP contribution in [0.4, 0.5) is 0 Å². The second-order valence-electron chi connectivity index (χ2n) is 3.19. The molecule has 1 aliphatic rings. The molecular weight excluding hydrogens is 142 g/mol. The van der Waals surface area contributed by atoms with Crippen LogP contribution in [0.1, 0.15) is 26.7 Å². The first-order valence-electron chi connectivity index (χ1n) is 4.17. The summed E-state index contributed by atoms with van der Waals surface area (Å²) in [6, 6.07) is 0. The standard InChI is InChI=1S/C8H15NO2/c1-3-6-5-8(6,9)7(10)11-4-2/h6H,3-5,9H2,1-2H3/p+1/t6-,8-/m1/s1. The van der Waals surface area contributed by atoms with Crippen molar-refractivity contribution >= 4 is 5.97 Å². The molecule has 3 nitrogen and oxygen atoms in total. The van der Waals surface area contributed by atoms with Gasteiger partial charge in [-0.05, 0) is 13.3 Å². The summed E-state index contributed by atoms with van der Waals surface area (Å²) in [5.41, 5.74) is 3.49. The second-order valence-corrected chi connectivity index (χ2v) is 3.19. The van der Waals surface area contributed by atoms with E-state index in [2.05, 4.69) is 12.7 Å². The smallest absolute Gasteiger partial charge is 0.368 e. The summed E-state index contributed by atoms with van der Waals surface area (Å²) in [6.45, 7) is 4.37. The molecule has 0 amide bonds. The van der Waals surface area contributed by atoms with Crippen molar-refractivity contribution in [2.24, 2.45) is 5.92 Å². The second kappa shape index (κ2) is 2.81. The molecule has 0 spiro atoms. The summed E-state index contributed by atoms with van der Waals surface area (Å²) in [5, 5.41) is 0. The van der Waals surface area contributed by atoms with Gasteiger partial charge in [0.2, 0.25) is 0 Å². The van der Waals surface area contributed by atoms with Crippen LogP contribution in [-0.2, 0) is 9.53 Å². The third-order valence-corrected chi connectivity index (χ3v) is 2.41. The van der Waals surface area contributed by atoms with Crippen molar-refractivity contribution in [2.45, 2.75) is 32.2 Å². The van der Waals surface area contributed by atoms with Crippen LogP contribution in [-0.4, -0.2) is 18.1 Å². The number of quaternary nitrogens is 1. The lowest BCUT2D eigenvalue weighted by Crippen LogP contribution is -2.69. The maximum atomic E-state index is 11.2. The summed E-state index contributed by atoms with van der Waals surface area (Å²) >= 11 is 0. The Morgan fingerprint density at radius 2 is 2.36 bits per heavy atom. The molecule has 0 saturated heterocycles. The Kier molecular flexibility index (Phi) is 2.18. The summed E-state index contributed by atoms with van der Waals surface area (Å²) in [5.74, 6) is 0.341. The van der Waals surface area contributed by atoms with Crippen molar-refractivity contribution in [3.8, 4) is 0 Å². The van der Waals surface area contributed by atoms with E-state index >= 15 is 0 Å². The Bertz CT molecular complexity index is 169. The van der Waals surface area contributed by atoms with Crippen LogP contribution in [0.2, 0.25) is 0 Å². The summed E-state index contributed by atoms with van der Waals surface area (Å²) < 4.78 is 4.90. The van der Waals surface area contributed by atoms with Gasteiger partial charge in [0.05, 0.1) is 6.61 Å². The number of carbonyl (C=O) groups excluding carboxylic acids is 1. The fourth-order valence-corrected chi connectivity index (χ4v) is 1.44. The molecule has 3 N–H and O–H groups in total. The van der Waals surface area contributed by atoms with Crippen molar-refractivity contribution in [3.63, 3.8) is 0 Å². The minimum Gasteiger partial charge on any atom is -0.461 e. The average molecular weight is 158 g/mol. The molecule has 1 fully saturated rings. The number of carbonyl (C=O) groups is 1. The van der Waals surface area contributed by atoms with Crippen LogP contribution in [0.25, 0.3) is 0 Å². The number of ether oxygens (including phenoxy) is 1. The molecule has 0 radical (unpaired) electrons. The highest BCUT2D eigenvalue weighted by atomic mass is 16.5. The van der Waals surface area contributed by atoms with Gasteiger partial charge < -0.3 is 10.5 Å². The first-order chi connectivity index (χ1) is 5.15. The van der Waals surface area contributed by atoms with Gasteiger partial charge in [0.1, 0.15) is 0 Å². The lowest BCUT2D eigenvalue weighted by atomic mass is 10.2. The number of hydrogen-bond donors (Lipinski definition) is 1. The maximum absolute atomic E-state index is 11.2. The highest BCUT2D eigenvalue weighted by molar-refractivity contribution is 5.82. The van der Waals surface area contributed by atoms with Crippen LogP contribution in [0, 0.1) is 5.92 Å². The minimum absolute atomic E-state index is 0.119. The fraction of sp³-hybridized carbons (Fsp3) is 0.875. The molecule has 0 aromatic carbocycles. The molecule has 2 atom stereocenters. The summed E-state index contributed by atoms with van der Waals surface area (Å²) in [7, 11) is 0. The normalized spacial score (nSPS) is 35.0. The number of hydrogen-bond acceptors (Lipinski definition) is 2. The van der Waals surface area contributed by atoms with Crippen LogP contribution in [0.15, 0.2) is 0 Å². The average Bonchev–Trinajstić information content (AvgIpc) is 2.64. The predicted octanol–water partition coefficient (Wildman–Crippen LogP) is -0.0399. The molecule has 1 rings (SSSR count). The van der Waals surface area contributed by atoms with Gasteiger partial charge in [0.25, 0.3) is 0 Å². The van der Waals surface area contributed by atoms with E-state index < -0.39 is 0 Å². The van der Waals surface area contributed by atoms with Crippen LogP contribution in [0.5, 0.6) is 0 Å². The van der Waals surface area contributed by atoms with Crippen LogP contribution in [0.3, 0.4) is 0 Å². The highest BCUT2D eigenvalue weighted by Gasteiger charge is 2.61. The molecule has 64 valence electrons. The fourth-order valence-electron chi connectivity index (χ4n) is 1.44. The lowest BCUT2D eigenvalue weighted by Gasteiger charge is -2.05. The Balaban J connectivity index is 2.42. The zero-order chi connectivity index (χ0) is 8.48. The van der Waals surface area contributed by atoms with E-state index in [1.165, 1.54) is 0 Å². The molecular formula is C8H16NO2+. The molecule has 1 aliphatic carbocycles. The molecule has 3 heteroatoms. The van der Waals surface area contributed by atoms with Gasteiger partial charge in [-0.3, -0.25) is 0 Å². The first-order valence-corrected chi connectivity index (χ1v) is 4.17. The lowest BCUT2D eigenvalue weighted by molar-refractivity contribution is -0.430. The SMILES string of the molecule is CCOC(=O)[C@@]1([NH3+])C[C@H]1CC. The Morgan fingerprint density at radius 3 is 2.73 bits per heavy atom. The van der Waals surface area contributed by atoms with Crippen LogP contribution < -0.4 is 5.73 Å². The third-order valence-electron chi connectivity index (χ3n) is 2.41. The van der Waals surface area contributed by atoms with Crippen molar-refractivity contribution < 1.29 is 15.3 Å². The maximum Gasteiger partial charge on any atom is 0.368 e. The summed E-state index contributed by atoms with van der Waals surface area (Å²) in [4.78, 5) is 11.2. The van der Waals surface area contributed by atoms with E-state index in [1.807, 2.05) is 6.92 Å². The van der Waals surface area contributed by atoms with Gasteiger partial charge in [-0.2, -0.15) is 0 Å². The molecule has 0 aliphatic heterocycles. The van der Waals surface area contributed by atoms with E-state index in [0.717, 1.165) is 12.8 Å². The van der Waals surface area contributed by atoms with Gasteiger partial charge in [0.15, 0.2) is 5.54 Å². The van der Waals surface area contributed by atoms with Crippen molar-refractivity contribution in [1.29, 1.82) is 0 Å². The Morgan fingerprint density at radius 1 is 1.73 bits per heavy atom. The first kappa shape index (κ1) is 8.53. The zero-order valence-electron chi connectivity index (χ0n) is 7.22. The summed E-state index contributed by atoms with van der Waals surface area (Å²) in [6.07, 6.45) is 1.94. The van der Waals surface area contributed by atoms with Gasteiger partial charge in [-0.1, -0.05) is 6.92 Å². The van der Waals surface area contributed by atoms with Gasteiger partial charge in [-0.15, -0.1) is 0 Å². The zero-order valence-corrected chi connectivity index (χ0v) is 7.22. The van der Waals surface area contributed by atoms with E-state index in [4.69, 9.17) is 4.74 Å². The number of esters is 1. The molecule has 0 aromatic heterocycles. The van der Waals surface area contributed by atoms with E-state index in [-0.39, 0.29) is 11.5 Å². The van der Waals surface area contributed by atoms with Gasteiger partial charge in [0, 0.05) is 12.3 Å². The molecule has 1 saturated carbocycles. The molecule has 0 unspecified atom stereocenters. The third kappa shape index (κ3) is 1.38. The van der Waals surface area contributed by atoms with Gasteiger partial charge >= 0.3 is 5.97 Å². The predicted molar refractivity (Wildman–Crippen MR) is 40.7 cm³/mol. The largest absolute Gasteiger partial charge is 0.461 e. The molecule has 11 heavy (non-hydrogen) atoms. The van der Waals surface area contributed by atoms with E-state index in [0.29, 0.717) is 12.5 Å². The van der Waals surface area contributed by atoms with E-state index in [1.54, 1.807) is 0 Å². The molecule has 0 heterocycles. The topological polar surface area (TPSA) is 53.9 Å². The molecule has 0 bridgehead atoms. The highest BCUT2D eigenvalue weighted by Crippen LogP contribution is 2.42. The molecule has 0 aromatic rings. The quantitative estimate of drug-likeness (QED) is 0.586. The van der Waals surface area contributed by atoms with Crippen LogP contribution >= 0.6 is 0 Å². The van der Waals surface area contributed by atoms with Crippen molar-refractivity contribution in [1.82, 2.24) is 0 Å². The van der Waals surface area contributed by atoms with Crippen molar-refractivity contribution in [3.05, 3.63) is 0 Å². The number of rotatable bonds is 3. The Hall–Kier alpha value is -0.570. The van der Waals surface area contributed by atoms with E-state index in [9.17, 15) is 4.79 Å². The minimum atomic E-state index is -0.384. The Labute approximate surface area is 66.9 Å². The van der Waals surface area contributed by atoms with Crippen molar-refractivity contribution in [2.75, 3.05) is 6.61 Å².